The van der Waals surface area contributed by atoms with Gasteiger partial charge in [0.25, 0.3) is 15.9 Å². The summed E-state index contributed by atoms with van der Waals surface area (Å²) < 4.78 is 39.2. The fourth-order valence-corrected chi connectivity index (χ4v) is 6.74. The highest BCUT2D eigenvalue weighted by molar-refractivity contribution is 7.90. The summed E-state index contributed by atoms with van der Waals surface area (Å²) in [6.07, 6.45) is 5.17. The van der Waals surface area contributed by atoms with Crippen molar-refractivity contribution in [1.29, 1.82) is 0 Å². The van der Waals surface area contributed by atoms with Gasteiger partial charge in [-0.15, -0.1) is 0 Å². The highest BCUT2D eigenvalue weighted by atomic mass is 32.2. The lowest BCUT2D eigenvalue weighted by atomic mass is 10.0. The van der Waals surface area contributed by atoms with Crippen molar-refractivity contribution < 1.29 is 27.5 Å². The van der Waals surface area contributed by atoms with E-state index in [1.54, 1.807) is 43.3 Å². The number of aryl methyl sites for hydroxylation is 1. The summed E-state index contributed by atoms with van der Waals surface area (Å²) in [6, 6.07) is 17.0. The zero-order valence-corrected chi connectivity index (χ0v) is 24.1. The van der Waals surface area contributed by atoms with E-state index in [2.05, 4.69) is 14.9 Å². The molecule has 2 N–H and O–H groups in total. The van der Waals surface area contributed by atoms with E-state index < -0.39 is 15.9 Å². The summed E-state index contributed by atoms with van der Waals surface area (Å²) in [7, 11) is -2.53. The van der Waals surface area contributed by atoms with E-state index in [1.807, 2.05) is 18.2 Å². The molecule has 2 amide bonds. The van der Waals surface area contributed by atoms with Gasteiger partial charge in [0.05, 0.1) is 24.2 Å². The minimum atomic E-state index is -4.04. The molecule has 5 rings (SSSR count). The molecule has 3 aromatic carbocycles. The maximum atomic E-state index is 12.9. The van der Waals surface area contributed by atoms with Crippen LogP contribution in [0.3, 0.4) is 0 Å². The SMILES string of the molecule is COc1cc(C(=O)NS(=O)(=O)c2ccccc2C)ccc1CN1CCOc2ccc(NC(=O)CC3CCCC3)cc21. The lowest BCUT2D eigenvalue weighted by molar-refractivity contribution is -0.117. The first-order valence-corrected chi connectivity index (χ1v) is 15.3. The summed E-state index contributed by atoms with van der Waals surface area (Å²) in [5.74, 6) is 0.932. The number of benzene rings is 3. The van der Waals surface area contributed by atoms with Crippen LogP contribution in [0.4, 0.5) is 11.4 Å². The van der Waals surface area contributed by atoms with Crippen LogP contribution in [0.5, 0.6) is 11.5 Å². The third-order valence-electron chi connectivity index (χ3n) is 7.67. The molecule has 0 radical (unpaired) electrons. The van der Waals surface area contributed by atoms with Gasteiger partial charge in [0.2, 0.25) is 5.91 Å². The van der Waals surface area contributed by atoms with Gasteiger partial charge >= 0.3 is 0 Å². The quantitative estimate of drug-likeness (QED) is 0.366. The average molecular weight is 578 g/mol. The second-order valence-electron chi connectivity index (χ2n) is 10.6. The minimum absolute atomic E-state index is 0.0279. The second-order valence-corrected chi connectivity index (χ2v) is 12.2. The molecule has 41 heavy (non-hydrogen) atoms. The molecule has 0 spiro atoms. The Hall–Kier alpha value is -4.05. The number of nitrogens with zero attached hydrogens (tertiary/aromatic N) is 1. The first-order valence-electron chi connectivity index (χ1n) is 13.8. The van der Waals surface area contributed by atoms with Crippen molar-refractivity contribution in [3.8, 4) is 11.5 Å². The smallest absolute Gasteiger partial charge is 0.265 e. The number of anilines is 2. The number of fused-ring (bicyclic) bond motifs is 1. The molecule has 1 saturated carbocycles. The van der Waals surface area contributed by atoms with E-state index in [4.69, 9.17) is 9.47 Å². The molecule has 0 aromatic heterocycles. The third kappa shape index (κ3) is 6.65. The molecule has 2 aliphatic rings. The summed E-state index contributed by atoms with van der Waals surface area (Å²) in [4.78, 5) is 27.7. The average Bonchev–Trinajstić information content (AvgIpc) is 3.46. The molecular formula is C31H35N3O6S. The Kier molecular flexibility index (Phi) is 8.49. The molecule has 0 saturated heterocycles. The fourth-order valence-electron chi connectivity index (χ4n) is 5.52. The van der Waals surface area contributed by atoms with Gasteiger partial charge in [0.15, 0.2) is 0 Å². The van der Waals surface area contributed by atoms with Crippen LogP contribution in [0.1, 0.15) is 53.6 Å². The number of nitrogens with one attached hydrogen (secondary N) is 2. The number of rotatable bonds is 9. The van der Waals surface area contributed by atoms with Crippen molar-refractivity contribution in [2.45, 2.75) is 50.5 Å². The van der Waals surface area contributed by atoms with E-state index in [0.29, 0.717) is 43.3 Å². The van der Waals surface area contributed by atoms with Crippen LogP contribution in [0, 0.1) is 12.8 Å². The second kappa shape index (κ2) is 12.2. The normalized spacial score (nSPS) is 15.1. The van der Waals surface area contributed by atoms with Crippen LogP contribution >= 0.6 is 0 Å². The van der Waals surface area contributed by atoms with Gasteiger partial charge in [0, 0.05) is 29.8 Å². The first kappa shape index (κ1) is 28.5. The lowest BCUT2D eigenvalue weighted by Crippen LogP contribution is -2.33. The highest BCUT2D eigenvalue weighted by Gasteiger charge is 2.24. The number of amides is 2. The highest BCUT2D eigenvalue weighted by Crippen LogP contribution is 2.36. The maximum Gasteiger partial charge on any atom is 0.265 e. The van der Waals surface area contributed by atoms with Crippen molar-refractivity contribution in [1.82, 2.24) is 4.72 Å². The zero-order valence-electron chi connectivity index (χ0n) is 23.3. The zero-order chi connectivity index (χ0) is 29.0. The van der Waals surface area contributed by atoms with Gasteiger partial charge < -0.3 is 19.7 Å². The minimum Gasteiger partial charge on any atom is -0.496 e. The van der Waals surface area contributed by atoms with E-state index in [1.165, 1.54) is 26.0 Å². The van der Waals surface area contributed by atoms with Gasteiger partial charge in [-0.3, -0.25) is 9.59 Å². The summed E-state index contributed by atoms with van der Waals surface area (Å²) in [6.45, 7) is 3.25. The van der Waals surface area contributed by atoms with Gasteiger partial charge in [-0.2, -0.15) is 0 Å². The third-order valence-corrected chi connectivity index (χ3v) is 9.16. The summed E-state index contributed by atoms with van der Waals surface area (Å²) >= 11 is 0. The molecule has 0 bridgehead atoms. The molecular weight excluding hydrogens is 542 g/mol. The number of methoxy groups -OCH3 is 1. The van der Waals surface area contributed by atoms with Crippen LogP contribution in [0.15, 0.2) is 65.6 Å². The molecule has 9 nitrogen and oxygen atoms in total. The van der Waals surface area contributed by atoms with Crippen LogP contribution in [0.2, 0.25) is 0 Å². The van der Waals surface area contributed by atoms with Crippen molar-refractivity contribution >= 4 is 33.2 Å². The van der Waals surface area contributed by atoms with E-state index in [0.717, 1.165) is 35.5 Å². The largest absolute Gasteiger partial charge is 0.496 e. The van der Waals surface area contributed by atoms with Crippen molar-refractivity contribution in [3.05, 3.63) is 77.4 Å². The Labute approximate surface area is 240 Å². The van der Waals surface area contributed by atoms with E-state index in [9.17, 15) is 18.0 Å². The molecule has 1 fully saturated rings. The Morgan fingerprint density at radius 1 is 1.05 bits per heavy atom. The van der Waals surface area contributed by atoms with Crippen LogP contribution in [-0.2, 0) is 21.4 Å². The molecule has 1 aliphatic carbocycles. The molecule has 216 valence electrons. The van der Waals surface area contributed by atoms with Crippen LogP contribution in [-0.4, -0.2) is 40.5 Å². The number of sulfonamides is 1. The Morgan fingerprint density at radius 3 is 2.59 bits per heavy atom. The van der Waals surface area contributed by atoms with Crippen LogP contribution in [0.25, 0.3) is 0 Å². The Bertz CT molecular complexity index is 1550. The maximum absolute atomic E-state index is 12.9. The number of carbonyl (C=O) groups is 2. The molecule has 1 aliphatic heterocycles. The van der Waals surface area contributed by atoms with Crippen LogP contribution < -0.4 is 24.4 Å². The summed E-state index contributed by atoms with van der Waals surface area (Å²) in [5.41, 5.74) is 3.09. The molecule has 0 unspecified atom stereocenters. The van der Waals surface area contributed by atoms with Crippen molar-refractivity contribution in [3.63, 3.8) is 0 Å². The standard InChI is InChI=1S/C31H35N3O6S/c1-21-7-3-6-10-29(21)41(37,38)33-31(36)23-11-12-24(28(18-23)39-2)20-34-15-16-40-27-14-13-25(19-26(27)34)32-30(35)17-22-8-4-5-9-22/h3,6-7,10-14,18-19,22H,4-5,8-9,15-17,20H2,1-2H3,(H,32,35)(H,33,36). The number of hydrogen-bond acceptors (Lipinski definition) is 7. The number of hydrogen-bond donors (Lipinski definition) is 2. The Morgan fingerprint density at radius 2 is 1.83 bits per heavy atom. The predicted octanol–water partition coefficient (Wildman–Crippen LogP) is 5.04. The van der Waals surface area contributed by atoms with E-state index >= 15 is 0 Å². The lowest BCUT2D eigenvalue weighted by Gasteiger charge is -2.32. The van der Waals surface area contributed by atoms with E-state index in [-0.39, 0.29) is 16.4 Å². The topological polar surface area (TPSA) is 114 Å². The Balaban J connectivity index is 1.30. The summed E-state index contributed by atoms with van der Waals surface area (Å²) in [5, 5.41) is 3.04. The fraction of sp³-hybridized carbons (Fsp3) is 0.355. The van der Waals surface area contributed by atoms with Gasteiger partial charge in [-0.1, -0.05) is 37.1 Å². The molecule has 1 heterocycles. The number of ether oxygens (including phenoxy) is 2. The van der Waals surface area contributed by atoms with Gasteiger partial charge in [-0.25, -0.2) is 13.1 Å². The van der Waals surface area contributed by atoms with Gasteiger partial charge in [0.1, 0.15) is 18.1 Å². The van der Waals surface area contributed by atoms with Crippen molar-refractivity contribution in [2.24, 2.45) is 5.92 Å². The molecule has 0 atom stereocenters. The number of carbonyl (C=O) groups excluding carboxylic acids is 2. The van der Waals surface area contributed by atoms with Crippen molar-refractivity contribution in [2.75, 3.05) is 30.5 Å². The monoisotopic (exact) mass is 577 g/mol. The van der Waals surface area contributed by atoms with Gasteiger partial charge in [-0.05, 0) is 67.6 Å². The first-order chi connectivity index (χ1) is 19.7. The molecule has 10 heteroatoms. The molecule has 3 aromatic rings. The predicted molar refractivity (Wildman–Crippen MR) is 157 cm³/mol.